The highest BCUT2D eigenvalue weighted by Gasteiger charge is 2.76. The zero-order valence-corrected chi connectivity index (χ0v) is 11.5. The van der Waals surface area contributed by atoms with E-state index in [0.29, 0.717) is 0 Å². The van der Waals surface area contributed by atoms with Gasteiger partial charge in [-0.2, -0.15) is 0 Å². The lowest BCUT2D eigenvalue weighted by Crippen LogP contribution is -2.33. The van der Waals surface area contributed by atoms with Gasteiger partial charge in [0, 0.05) is 0 Å². The predicted molar refractivity (Wildman–Crippen MR) is 71.6 cm³/mol. The number of epoxide rings is 1. The van der Waals surface area contributed by atoms with Gasteiger partial charge in [-0.15, -0.1) is 0 Å². The first-order valence-corrected chi connectivity index (χ1v) is 7.07. The molecule has 1 aliphatic heterocycles. The Morgan fingerprint density at radius 1 is 1.21 bits per heavy atom. The molecule has 1 saturated carbocycles. The highest BCUT2D eigenvalue weighted by Crippen LogP contribution is 2.64. The van der Waals surface area contributed by atoms with Crippen molar-refractivity contribution in [2.75, 3.05) is 0 Å². The molecule has 1 spiro atoms. The number of ether oxygens (including phenoxy) is 2. The van der Waals surface area contributed by atoms with Crippen LogP contribution in [0.3, 0.4) is 0 Å². The molecule has 0 aromatic heterocycles. The molecule has 0 bridgehead atoms. The van der Waals surface area contributed by atoms with Crippen LogP contribution in [0.2, 0.25) is 0 Å². The third-order valence-electron chi connectivity index (χ3n) is 4.17. The number of benzene rings is 1. The normalized spacial score (nSPS) is 27.7. The second-order valence-electron chi connectivity index (χ2n) is 5.80. The van der Waals surface area contributed by atoms with Gasteiger partial charge in [-0.25, -0.2) is 4.79 Å². The fourth-order valence-electron chi connectivity index (χ4n) is 3.31. The summed E-state index contributed by atoms with van der Waals surface area (Å²) < 4.78 is 11.5. The molecule has 0 radical (unpaired) electrons. The molecular formula is C16H20O3. The van der Waals surface area contributed by atoms with Crippen molar-refractivity contribution >= 4 is 5.97 Å². The minimum Gasteiger partial charge on any atom is -0.460 e. The van der Waals surface area contributed by atoms with E-state index in [4.69, 9.17) is 9.47 Å². The maximum Gasteiger partial charge on any atom is 0.346 e. The molecule has 1 aromatic rings. The Labute approximate surface area is 113 Å². The standard InChI is InChI=1S/C16H20O3/c1-12(2)18-14(17)16(13-8-4-3-5-9-13)15(19-16)10-6-7-11-15/h3-5,8-9,12H,6-7,10-11H2,1-2H3. The van der Waals surface area contributed by atoms with E-state index in [0.717, 1.165) is 31.2 Å². The number of carbonyl (C=O) groups excluding carboxylic acids is 1. The van der Waals surface area contributed by atoms with Gasteiger partial charge in [-0.3, -0.25) is 0 Å². The topological polar surface area (TPSA) is 38.8 Å². The molecule has 0 amide bonds. The van der Waals surface area contributed by atoms with E-state index in [2.05, 4.69) is 0 Å². The number of esters is 1. The number of hydrogen-bond donors (Lipinski definition) is 0. The van der Waals surface area contributed by atoms with Gasteiger partial charge >= 0.3 is 5.97 Å². The summed E-state index contributed by atoms with van der Waals surface area (Å²) in [7, 11) is 0. The SMILES string of the molecule is CC(C)OC(=O)C1(c2ccccc2)OC12CCCC2. The molecule has 102 valence electrons. The van der Waals surface area contributed by atoms with E-state index in [1.54, 1.807) is 0 Å². The van der Waals surface area contributed by atoms with Crippen LogP contribution in [-0.4, -0.2) is 17.7 Å². The fraction of sp³-hybridized carbons (Fsp3) is 0.562. The van der Waals surface area contributed by atoms with Crippen LogP contribution in [0, 0.1) is 0 Å². The molecule has 1 aliphatic carbocycles. The Hall–Kier alpha value is -1.35. The zero-order valence-electron chi connectivity index (χ0n) is 11.5. The molecule has 2 aliphatic rings. The summed E-state index contributed by atoms with van der Waals surface area (Å²) in [5, 5.41) is 0. The van der Waals surface area contributed by atoms with E-state index in [1.807, 2.05) is 44.2 Å². The van der Waals surface area contributed by atoms with Crippen LogP contribution in [0.25, 0.3) is 0 Å². The summed E-state index contributed by atoms with van der Waals surface area (Å²) in [6.07, 6.45) is 4.05. The van der Waals surface area contributed by atoms with Gasteiger partial charge in [0.1, 0.15) is 5.60 Å². The monoisotopic (exact) mass is 260 g/mol. The Morgan fingerprint density at radius 3 is 2.42 bits per heavy atom. The molecule has 2 fully saturated rings. The van der Waals surface area contributed by atoms with Crippen LogP contribution in [0.4, 0.5) is 0 Å². The first-order valence-electron chi connectivity index (χ1n) is 7.07. The third kappa shape index (κ3) is 1.79. The number of rotatable bonds is 3. The van der Waals surface area contributed by atoms with E-state index in [9.17, 15) is 4.79 Å². The van der Waals surface area contributed by atoms with Crippen LogP contribution in [0.15, 0.2) is 30.3 Å². The molecule has 0 N–H and O–H groups in total. The van der Waals surface area contributed by atoms with E-state index < -0.39 is 5.60 Å². The van der Waals surface area contributed by atoms with Gasteiger partial charge in [0.2, 0.25) is 5.60 Å². The molecular weight excluding hydrogens is 240 g/mol. The van der Waals surface area contributed by atoms with Gasteiger partial charge in [-0.1, -0.05) is 43.2 Å². The summed E-state index contributed by atoms with van der Waals surface area (Å²) in [5.74, 6) is -0.226. The Morgan fingerprint density at radius 2 is 1.84 bits per heavy atom. The van der Waals surface area contributed by atoms with Crippen LogP contribution < -0.4 is 0 Å². The van der Waals surface area contributed by atoms with Crippen LogP contribution in [0.1, 0.15) is 45.1 Å². The van der Waals surface area contributed by atoms with Crippen molar-refractivity contribution in [1.82, 2.24) is 0 Å². The summed E-state index contributed by atoms with van der Waals surface area (Å²) in [6, 6.07) is 9.78. The Bertz CT molecular complexity index is 474. The van der Waals surface area contributed by atoms with Crippen LogP contribution in [0.5, 0.6) is 0 Å². The average Bonchev–Trinajstić information content (AvgIpc) is 2.79. The van der Waals surface area contributed by atoms with Crippen molar-refractivity contribution in [3.63, 3.8) is 0 Å². The highest BCUT2D eigenvalue weighted by molar-refractivity contribution is 5.87. The predicted octanol–water partition coefficient (Wildman–Crippen LogP) is 3.18. The van der Waals surface area contributed by atoms with E-state index in [-0.39, 0.29) is 17.7 Å². The molecule has 1 atom stereocenters. The van der Waals surface area contributed by atoms with Gasteiger partial charge in [-0.05, 0) is 32.3 Å². The van der Waals surface area contributed by atoms with Gasteiger partial charge in [0.25, 0.3) is 0 Å². The van der Waals surface area contributed by atoms with Crippen LogP contribution in [-0.2, 0) is 19.9 Å². The molecule has 3 nitrogen and oxygen atoms in total. The van der Waals surface area contributed by atoms with Crippen molar-refractivity contribution in [3.05, 3.63) is 35.9 Å². The first-order chi connectivity index (χ1) is 9.11. The van der Waals surface area contributed by atoms with Crippen molar-refractivity contribution in [2.24, 2.45) is 0 Å². The lowest BCUT2D eigenvalue weighted by atomic mass is 9.85. The molecule has 1 saturated heterocycles. The van der Waals surface area contributed by atoms with Gasteiger partial charge in [0.15, 0.2) is 0 Å². The van der Waals surface area contributed by atoms with Crippen LogP contribution >= 0.6 is 0 Å². The average molecular weight is 260 g/mol. The van der Waals surface area contributed by atoms with Gasteiger partial charge in [0.05, 0.1) is 6.10 Å². The summed E-state index contributed by atoms with van der Waals surface area (Å²) in [4.78, 5) is 12.6. The highest BCUT2D eigenvalue weighted by atomic mass is 16.7. The summed E-state index contributed by atoms with van der Waals surface area (Å²) in [6.45, 7) is 3.75. The molecule has 3 rings (SSSR count). The summed E-state index contributed by atoms with van der Waals surface area (Å²) >= 11 is 0. The van der Waals surface area contributed by atoms with E-state index >= 15 is 0 Å². The van der Waals surface area contributed by atoms with Crippen molar-refractivity contribution in [3.8, 4) is 0 Å². The minimum absolute atomic E-state index is 0.115. The largest absolute Gasteiger partial charge is 0.460 e. The summed E-state index contributed by atoms with van der Waals surface area (Å²) in [5.41, 5.74) is -0.224. The molecule has 3 heteroatoms. The quantitative estimate of drug-likeness (QED) is 0.619. The van der Waals surface area contributed by atoms with Crippen molar-refractivity contribution in [1.29, 1.82) is 0 Å². The van der Waals surface area contributed by atoms with Gasteiger partial charge < -0.3 is 9.47 Å². The molecule has 1 aromatic carbocycles. The lowest BCUT2D eigenvalue weighted by molar-refractivity contribution is -0.154. The Kier molecular flexibility index (Phi) is 2.90. The van der Waals surface area contributed by atoms with Crippen molar-refractivity contribution < 1.29 is 14.3 Å². The maximum atomic E-state index is 12.6. The number of carbonyl (C=O) groups is 1. The van der Waals surface area contributed by atoms with E-state index in [1.165, 1.54) is 0 Å². The van der Waals surface area contributed by atoms with Crippen molar-refractivity contribution in [2.45, 2.75) is 56.8 Å². The number of hydrogen-bond acceptors (Lipinski definition) is 3. The smallest absolute Gasteiger partial charge is 0.346 e. The maximum absolute atomic E-state index is 12.6. The third-order valence-corrected chi connectivity index (χ3v) is 4.17. The molecule has 1 unspecified atom stereocenters. The second kappa shape index (κ2) is 4.34. The Balaban J connectivity index is 1.97. The first kappa shape index (κ1) is 12.7. The minimum atomic E-state index is -0.852. The zero-order chi connectivity index (χ0) is 13.5. The lowest BCUT2D eigenvalue weighted by Gasteiger charge is -2.18. The fourth-order valence-corrected chi connectivity index (χ4v) is 3.31. The molecule has 1 heterocycles. The molecule has 19 heavy (non-hydrogen) atoms. The second-order valence-corrected chi connectivity index (χ2v) is 5.80.